The van der Waals surface area contributed by atoms with E-state index in [4.69, 9.17) is 0 Å². The number of rotatable bonds is 3. The number of nitriles is 1. The maximum Gasteiger partial charge on any atom is 0.264 e. The molecule has 1 aliphatic heterocycles. The first-order valence-corrected chi connectivity index (χ1v) is 9.41. The molecule has 2 fully saturated rings. The Bertz CT molecular complexity index is 838. The van der Waals surface area contributed by atoms with Gasteiger partial charge in [-0.25, -0.2) is 9.97 Å². The second-order valence-corrected chi connectivity index (χ2v) is 7.53. The average molecular weight is 353 g/mol. The lowest BCUT2D eigenvalue weighted by Gasteiger charge is -2.40. The number of hydrogen-bond acceptors (Lipinski definition) is 6. The fraction of sp³-hybridized carbons (Fsp3) is 0.444. The number of carbonyl (C=O) groups is 1. The van der Waals surface area contributed by atoms with E-state index in [1.165, 1.54) is 24.6 Å². The Morgan fingerprint density at radius 1 is 1.32 bits per heavy atom. The topological polar surface area (TPSA) is 73.1 Å². The molecule has 2 aromatic heterocycles. The van der Waals surface area contributed by atoms with E-state index >= 15 is 0 Å². The number of thiophene rings is 1. The number of nitrogens with zero attached hydrogens (tertiary/aromatic N) is 5. The van der Waals surface area contributed by atoms with Crippen molar-refractivity contribution in [2.75, 3.05) is 24.5 Å². The van der Waals surface area contributed by atoms with Crippen molar-refractivity contribution in [2.45, 2.75) is 31.7 Å². The second kappa shape index (κ2) is 6.45. The molecule has 2 aromatic rings. The van der Waals surface area contributed by atoms with Crippen LogP contribution in [0.15, 0.2) is 23.8 Å². The summed E-state index contributed by atoms with van der Waals surface area (Å²) in [7, 11) is 0. The smallest absolute Gasteiger partial charge is 0.264 e. The number of hydrogen-bond donors (Lipinski definition) is 0. The fourth-order valence-electron chi connectivity index (χ4n) is 3.43. The second-order valence-electron chi connectivity index (χ2n) is 6.61. The van der Waals surface area contributed by atoms with E-state index in [1.54, 1.807) is 17.5 Å². The van der Waals surface area contributed by atoms with Gasteiger partial charge in [0.15, 0.2) is 11.5 Å². The Hall–Kier alpha value is -2.46. The van der Waals surface area contributed by atoms with Crippen LogP contribution in [-0.2, 0) is 0 Å². The molecule has 0 spiro atoms. The van der Waals surface area contributed by atoms with E-state index in [1.807, 2.05) is 10.3 Å². The van der Waals surface area contributed by atoms with Crippen LogP contribution in [0.5, 0.6) is 0 Å². The van der Waals surface area contributed by atoms with Crippen LogP contribution in [0.2, 0.25) is 0 Å². The number of amides is 1. The van der Waals surface area contributed by atoms with Crippen LogP contribution >= 0.6 is 11.3 Å². The lowest BCUT2D eigenvalue weighted by molar-refractivity contribution is 0.0677. The molecular weight excluding hydrogens is 334 g/mol. The molecule has 0 N–H and O–H groups in total. The van der Waals surface area contributed by atoms with Crippen molar-refractivity contribution in [1.82, 2.24) is 14.9 Å². The number of piperazine rings is 1. The quantitative estimate of drug-likeness (QED) is 0.848. The van der Waals surface area contributed by atoms with Gasteiger partial charge in [0.1, 0.15) is 6.07 Å². The maximum atomic E-state index is 13.0. The minimum absolute atomic E-state index is 0.0592. The largest absolute Gasteiger partial charge is 0.350 e. The SMILES string of the molecule is CC1CN(c2nccnc2C#N)CCN1C(=O)c1sccc1C1CC1. The summed E-state index contributed by atoms with van der Waals surface area (Å²) in [5, 5.41) is 11.3. The minimum atomic E-state index is 0.0592. The molecule has 1 amide bonds. The maximum absolute atomic E-state index is 13.0. The van der Waals surface area contributed by atoms with Gasteiger partial charge in [-0.2, -0.15) is 5.26 Å². The lowest BCUT2D eigenvalue weighted by atomic mass is 10.1. The van der Waals surface area contributed by atoms with E-state index in [-0.39, 0.29) is 11.9 Å². The highest BCUT2D eigenvalue weighted by Gasteiger charge is 2.34. The van der Waals surface area contributed by atoms with E-state index in [0.717, 1.165) is 4.88 Å². The molecule has 0 radical (unpaired) electrons. The molecule has 25 heavy (non-hydrogen) atoms. The van der Waals surface area contributed by atoms with Crippen molar-refractivity contribution < 1.29 is 4.79 Å². The first-order chi connectivity index (χ1) is 12.2. The van der Waals surface area contributed by atoms with Gasteiger partial charge in [0.25, 0.3) is 5.91 Å². The van der Waals surface area contributed by atoms with E-state index in [2.05, 4.69) is 33.9 Å². The molecule has 3 heterocycles. The monoisotopic (exact) mass is 353 g/mol. The number of aromatic nitrogens is 2. The van der Waals surface area contributed by atoms with Crippen molar-refractivity contribution >= 4 is 23.1 Å². The zero-order valence-electron chi connectivity index (χ0n) is 14.1. The summed E-state index contributed by atoms with van der Waals surface area (Å²) < 4.78 is 0. The summed E-state index contributed by atoms with van der Waals surface area (Å²) in [4.78, 5) is 26.3. The first kappa shape index (κ1) is 16.0. The highest BCUT2D eigenvalue weighted by molar-refractivity contribution is 7.12. The Balaban J connectivity index is 1.51. The van der Waals surface area contributed by atoms with Gasteiger partial charge >= 0.3 is 0 Å². The molecule has 0 bridgehead atoms. The summed E-state index contributed by atoms with van der Waals surface area (Å²) >= 11 is 1.55. The van der Waals surface area contributed by atoms with Crippen LogP contribution in [0.1, 0.15) is 46.6 Å². The van der Waals surface area contributed by atoms with E-state index in [9.17, 15) is 10.1 Å². The minimum Gasteiger partial charge on any atom is -0.350 e. The van der Waals surface area contributed by atoms with Gasteiger partial charge in [0.2, 0.25) is 0 Å². The van der Waals surface area contributed by atoms with Crippen LogP contribution in [0.4, 0.5) is 5.82 Å². The van der Waals surface area contributed by atoms with Crippen LogP contribution < -0.4 is 4.90 Å². The molecular formula is C18H19N5OS. The highest BCUT2D eigenvalue weighted by Crippen LogP contribution is 2.43. The predicted molar refractivity (Wildman–Crippen MR) is 95.8 cm³/mol. The molecule has 2 aliphatic rings. The van der Waals surface area contributed by atoms with Gasteiger partial charge in [0.05, 0.1) is 4.88 Å². The lowest BCUT2D eigenvalue weighted by Crippen LogP contribution is -2.54. The molecule has 1 saturated heterocycles. The molecule has 128 valence electrons. The zero-order chi connectivity index (χ0) is 17.4. The van der Waals surface area contributed by atoms with Crippen molar-refractivity contribution in [2.24, 2.45) is 0 Å². The highest BCUT2D eigenvalue weighted by atomic mass is 32.1. The van der Waals surface area contributed by atoms with Crippen molar-refractivity contribution in [3.8, 4) is 6.07 Å². The number of carbonyl (C=O) groups excluding carboxylic acids is 1. The summed E-state index contributed by atoms with van der Waals surface area (Å²) in [5.41, 5.74) is 1.56. The van der Waals surface area contributed by atoms with Gasteiger partial charge < -0.3 is 9.80 Å². The molecule has 0 aromatic carbocycles. The summed E-state index contributed by atoms with van der Waals surface area (Å²) in [6.07, 6.45) is 5.53. The van der Waals surface area contributed by atoms with Crippen molar-refractivity contribution in [3.05, 3.63) is 40.0 Å². The fourth-order valence-corrected chi connectivity index (χ4v) is 4.37. The molecule has 6 nitrogen and oxygen atoms in total. The molecule has 7 heteroatoms. The van der Waals surface area contributed by atoms with Gasteiger partial charge in [-0.3, -0.25) is 4.79 Å². The summed E-state index contributed by atoms with van der Waals surface area (Å²) in [6.45, 7) is 4.00. The predicted octanol–water partition coefficient (Wildman–Crippen LogP) is 2.64. The third kappa shape index (κ3) is 2.98. The molecule has 1 atom stereocenters. The molecule has 4 rings (SSSR count). The first-order valence-electron chi connectivity index (χ1n) is 8.53. The Kier molecular flexibility index (Phi) is 4.14. The Morgan fingerprint density at radius 2 is 2.12 bits per heavy atom. The third-order valence-corrected chi connectivity index (χ3v) is 5.80. The number of anilines is 1. The van der Waals surface area contributed by atoms with Crippen LogP contribution in [0.25, 0.3) is 0 Å². The Labute approximate surface area is 150 Å². The van der Waals surface area contributed by atoms with Crippen molar-refractivity contribution in [1.29, 1.82) is 5.26 Å². The van der Waals surface area contributed by atoms with Crippen LogP contribution in [0.3, 0.4) is 0 Å². The van der Waals surface area contributed by atoms with Crippen LogP contribution in [-0.4, -0.2) is 46.5 Å². The third-order valence-electron chi connectivity index (χ3n) is 4.88. The van der Waals surface area contributed by atoms with Gasteiger partial charge in [0, 0.05) is 38.1 Å². The zero-order valence-corrected chi connectivity index (χ0v) is 14.9. The van der Waals surface area contributed by atoms with E-state index in [0.29, 0.717) is 37.1 Å². The summed E-state index contributed by atoms with van der Waals surface area (Å²) in [6, 6.07) is 4.26. The van der Waals surface area contributed by atoms with Gasteiger partial charge in [-0.15, -0.1) is 11.3 Å². The normalized spacial score (nSPS) is 20.4. The van der Waals surface area contributed by atoms with Gasteiger partial charge in [-0.1, -0.05) is 0 Å². The van der Waals surface area contributed by atoms with Crippen LogP contribution in [0, 0.1) is 11.3 Å². The van der Waals surface area contributed by atoms with Gasteiger partial charge in [-0.05, 0) is 42.7 Å². The van der Waals surface area contributed by atoms with Crippen molar-refractivity contribution in [3.63, 3.8) is 0 Å². The van der Waals surface area contributed by atoms with E-state index < -0.39 is 0 Å². The standard InChI is InChI=1S/C18H19N5OS/c1-12-11-22(17-15(10-19)20-5-6-21-17)7-8-23(12)18(24)16-14(4-9-25-16)13-2-3-13/h4-6,9,12-13H,2-3,7-8,11H2,1H3. The average Bonchev–Trinajstić information content (AvgIpc) is 3.37. The summed E-state index contributed by atoms with van der Waals surface area (Å²) in [5.74, 6) is 1.34. The molecule has 1 aliphatic carbocycles. The Morgan fingerprint density at radius 3 is 2.84 bits per heavy atom. The molecule has 1 unspecified atom stereocenters. The molecule has 1 saturated carbocycles.